The van der Waals surface area contributed by atoms with Gasteiger partial charge in [-0.15, -0.1) is 0 Å². The number of likely N-dealkylation sites (tertiary alicyclic amines) is 1. The molecule has 104 valence electrons. The molecular formula is C14H17BrClNO2. The van der Waals surface area contributed by atoms with E-state index in [0.717, 1.165) is 36.0 Å². The maximum Gasteiger partial charge on any atom is 0.305 e. The number of hydrogen-bond acceptors (Lipinski definition) is 2. The van der Waals surface area contributed by atoms with Gasteiger partial charge in [0.1, 0.15) is 0 Å². The minimum Gasteiger partial charge on any atom is -0.481 e. The second-order valence-electron chi connectivity index (χ2n) is 4.88. The minimum atomic E-state index is -0.762. The van der Waals surface area contributed by atoms with Crippen LogP contribution in [0.25, 0.3) is 0 Å². The van der Waals surface area contributed by atoms with Crippen LogP contribution in [0.2, 0.25) is 5.02 Å². The maximum absolute atomic E-state index is 11.1. The Hall–Kier alpha value is -0.580. The third-order valence-corrected chi connectivity index (χ3v) is 4.74. The topological polar surface area (TPSA) is 40.5 Å². The predicted octanol–water partition coefficient (Wildman–Crippen LogP) is 4.10. The summed E-state index contributed by atoms with van der Waals surface area (Å²) >= 11 is 9.41. The van der Waals surface area contributed by atoms with Gasteiger partial charge >= 0.3 is 5.97 Å². The molecule has 1 aromatic carbocycles. The van der Waals surface area contributed by atoms with E-state index in [-0.39, 0.29) is 12.5 Å². The summed E-state index contributed by atoms with van der Waals surface area (Å²) in [7, 11) is 0. The highest BCUT2D eigenvalue weighted by atomic mass is 79.9. The van der Waals surface area contributed by atoms with Crippen molar-refractivity contribution in [2.24, 2.45) is 0 Å². The van der Waals surface area contributed by atoms with Gasteiger partial charge in [-0.1, -0.05) is 24.1 Å². The summed E-state index contributed by atoms with van der Waals surface area (Å²) in [4.78, 5) is 13.4. The summed E-state index contributed by atoms with van der Waals surface area (Å²) in [5, 5.41) is 9.78. The van der Waals surface area contributed by atoms with E-state index in [9.17, 15) is 4.79 Å². The number of halogens is 2. The Labute approximate surface area is 126 Å². The molecule has 1 atom stereocenters. The third kappa shape index (κ3) is 3.94. The zero-order valence-electron chi connectivity index (χ0n) is 10.6. The van der Waals surface area contributed by atoms with Gasteiger partial charge in [0.25, 0.3) is 0 Å². The molecule has 1 heterocycles. The highest BCUT2D eigenvalue weighted by molar-refractivity contribution is 9.10. The number of carboxylic acid groups (broad SMARTS) is 1. The lowest BCUT2D eigenvalue weighted by Gasteiger charge is -2.34. The molecule has 0 spiro atoms. The fourth-order valence-corrected chi connectivity index (χ4v) is 3.09. The highest BCUT2D eigenvalue weighted by Crippen LogP contribution is 2.32. The molecule has 0 saturated carbocycles. The fourth-order valence-electron chi connectivity index (χ4n) is 2.57. The molecule has 5 heteroatoms. The first-order valence-electron chi connectivity index (χ1n) is 6.48. The van der Waals surface area contributed by atoms with Crippen molar-refractivity contribution in [1.82, 2.24) is 4.90 Å². The lowest BCUT2D eigenvalue weighted by atomic mass is 9.99. The van der Waals surface area contributed by atoms with Gasteiger partial charge in [-0.05, 0) is 59.6 Å². The largest absolute Gasteiger partial charge is 0.481 e. The molecule has 1 unspecified atom stereocenters. The molecule has 1 aliphatic heterocycles. The standard InChI is InChI=1S/C14H17BrClNO2/c15-11-8-10(4-5-12(11)16)13(9-14(18)19)17-6-2-1-3-7-17/h4-5,8,13H,1-3,6-7,9H2,(H,18,19). The average Bonchev–Trinajstić information content (AvgIpc) is 2.40. The summed E-state index contributed by atoms with van der Waals surface area (Å²) in [5.74, 6) is -0.762. The first kappa shape index (κ1) is 14.8. The third-order valence-electron chi connectivity index (χ3n) is 3.53. The van der Waals surface area contributed by atoms with E-state index < -0.39 is 5.97 Å². The van der Waals surface area contributed by atoms with Crippen molar-refractivity contribution in [2.45, 2.75) is 31.7 Å². The Balaban J connectivity index is 2.24. The van der Waals surface area contributed by atoms with Crippen molar-refractivity contribution in [3.63, 3.8) is 0 Å². The Morgan fingerprint density at radius 1 is 1.37 bits per heavy atom. The molecule has 0 aromatic heterocycles. The molecule has 0 amide bonds. The number of aliphatic carboxylic acids is 1. The molecule has 0 bridgehead atoms. The zero-order valence-corrected chi connectivity index (χ0v) is 13.0. The monoisotopic (exact) mass is 345 g/mol. The van der Waals surface area contributed by atoms with E-state index in [0.29, 0.717) is 5.02 Å². The molecule has 1 fully saturated rings. The molecule has 2 rings (SSSR count). The summed E-state index contributed by atoms with van der Waals surface area (Å²) in [6, 6.07) is 5.62. The van der Waals surface area contributed by atoms with Gasteiger partial charge in [0.15, 0.2) is 0 Å². The second-order valence-corrected chi connectivity index (χ2v) is 6.15. The first-order valence-corrected chi connectivity index (χ1v) is 7.66. The van der Waals surface area contributed by atoms with E-state index in [1.54, 1.807) is 0 Å². The number of carbonyl (C=O) groups is 1. The van der Waals surface area contributed by atoms with E-state index in [4.69, 9.17) is 16.7 Å². The van der Waals surface area contributed by atoms with Crippen LogP contribution in [0.5, 0.6) is 0 Å². The van der Waals surface area contributed by atoms with Crippen LogP contribution in [0.1, 0.15) is 37.3 Å². The lowest BCUT2D eigenvalue weighted by Crippen LogP contribution is -2.35. The maximum atomic E-state index is 11.1. The van der Waals surface area contributed by atoms with Gasteiger partial charge in [0, 0.05) is 10.5 Å². The Kier molecular flexibility index (Phi) is 5.25. The number of rotatable bonds is 4. The number of carboxylic acids is 1. The molecule has 19 heavy (non-hydrogen) atoms. The molecule has 3 nitrogen and oxygen atoms in total. The highest BCUT2D eigenvalue weighted by Gasteiger charge is 2.24. The van der Waals surface area contributed by atoms with Gasteiger partial charge in [-0.3, -0.25) is 9.69 Å². The van der Waals surface area contributed by atoms with E-state index in [2.05, 4.69) is 20.8 Å². The molecule has 1 aliphatic rings. The van der Waals surface area contributed by atoms with Crippen molar-refractivity contribution in [3.8, 4) is 0 Å². The van der Waals surface area contributed by atoms with Gasteiger partial charge < -0.3 is 5.11 Å². The van der Waals surface area contributed by atoms with Crippen LogP contribution in [0.4, 0.5) is 0 Å². The number of nitrogens with zero attached hydrogens (tertiary/aromatic N) is 1. The summed E-state index contributed by atoms with van der Waals surface area (Å²) in [6.07, 6.45) is 3.66. The molecular weight excluding hydrogens is 330 g/mol. The van der Waals surface area contributed by atoms with E-state index in [1.165, 1.54) is 6.42 Å². The van der Waals surface area contributed by atoms with Gasteiger partial charge in [-0.25, -0.2) is 0 Å². The number of benzene rings is 1. The van der Waals surface area contributed by atoms with Crippen LogP contribution in [0.15, 0.2) is 22.7 Å². The van der Waals surface area contributed by atoms with E-state index in [1.807, 2.05) is 18.2 Å². The van der Waals surface area contributed by atoms with Crippen LogP contribution >= 0.6 is 27.5 Å². The molecule has 1 saturated heterocycles. The van der Waals surface area contributed by atoms with Crippen LogP contribution in [0, 0.1) is 0 Å². The van der Waals surface area contributed by atoms with E-state index >= 15 is 0 Å². The second kappa shape index (κ2) is 6.73. The smallest absolute Gasteiger partial charge is 0.305 e. The minimum absolute atomic E-state index is 0.0635. The zero-order chi connectivity index (χ0) is 13.8. The van der Waals surface area contributed by atoms with Crippen molar-refractivity contribution >= 4 is 33.5 Å². The van der Waals surface area contributed by atoms with Crippen LogP contribution in [-0.4, -0.2) is 29.1 Å². The fraction of sp³-hybridized carbons (Fsp3) is 0.500. The molecule has 1 N–H and O–H groups in total. The van der Waals surface area contributed by atoms with Crippen molar-refractivity contribution in [1.29, 1.82) is 0 Å². The molecule has 0 aliphatic carbocycles. The summed E-state index contributed by atoms with van der Waals surface area (Å²) in [5.41, 5.74) is 1.01. The normalized spacial score (nSPS) is 18.2. The van der Waals surface area contributed by atoms with Crippen molar-refractivity contribution in [3.05, 3.63) is 33.3 Å². The average molecular weight is 347 g/mol. The predicted molar refractivity (Wildman–Crippen MR) is 79.6 cm³/mol. The lowest BCUT2D eigenvalue weighted by molar-refractivity contribution is -0.138. The SMILES string of the molecule is O=C(O)CC(c1ccc(Cl)c(Br)c1)N1CCCCC1. The Bertz CT molecular complexity index is 461. The first-order chi connectivity index (χ1) is 9.08. The van der Waals surface area contributed by atoms with Gasteiger partial charge in [-0.2, -0.15) is 0 Å². The quantitative estimate of drug-likeness (QED) is 0.892. The Morgan fingerprint density at radius 3 is 2.63 bits per heavy atom. The Morgan fingerprint density at radius 2 is 2.05 bits per heavy atom. The molecule has 1 aromatic rings. The summed E-state index contributed by atoms with van der Waals surface area (Å²) in [6.45, 7) is 1.94. The number of hydrogen-bond donors (Lipinski definition) is 1. The van der Waals surface area contributed by atoms with Crippen molar-refractivity contribution < 1.29 is 9.90 Å². The van der Waals surface area contributed by atoms with Crippen LogP contribution in [-0.2, 0) is 4.79 Å². The van der Waals surface area contributed by atoms with Gasteiger partial charge in [0.05, 0.1) is 11.4 Å². The molecule has 0 radical (unpaired) electrons. The van der Waals surface area contributed by atoms with Gasteiger partial charge in [0.2, 0.25) is 0 Å². The van der Waals surface area contributed by atoms with Crippen LogP contribution in [0.3, 0.4) is 0 Å². The summed E-state index contributed by atoms with van der Waals surface area (Å²) < 4.78 is 0.819. The van der Waals surface area contributed by atoms with Crippen LogP contribution < -0.4 is 0 Å². The number of piperidine rings is 1. The van der Waals surface area contributed by atoms with Crippen molar-refractivity contribution in [2.75, 3.05) is 13.1 Å².